The minimum atomic E-state index is -3.72. The standard InChI is InChI=1S/C16H13N3O6S/c1-9-17-14-4-3-11(7-15(14)25-9)18-16(20)10-5-12(19(21)22)8-13(6-10)26(2,23)24/h3-8H,1-2H3,(H,18,20). The average Bonchev–Trinajstić information content (AvgIpc) is 2.92. The van der Waals surface area contributed by atoms with Crippen LogP contribution in [-0.2, 0) is 9.84 Å². The summed E-state index contributed by atoms with van der Waals surface area (Å²) in [6, 6.07) is 7.82. The van der Waals surface area contributed by atoms with Crippen molar-refractivity contribution < 1.29 is 22.6 Å². The molecule has 0 spiro atoms. The zero-order valence-corrected chi connectivity index (χ0v) is 14.5. The minimum absolute atomic E-state index is 0.145. The number of anilines is 1. The van der Waals surface area contributed by atoms with Gasteiger partial charge in [-0.15, -0.1) is 0 Å². The van der Waals surface area contributed by atoms with Crippen molar-refractivity contribution in [1.29, 1.82) is 0 Å². The van der Waals surface area contributed by atoms with Gasteiger partial charge in [0.15, 0.2) is 21.3 Å². The van der Waals surface area contributed by atoms with Crippen LogP contribution in [0.3, 0.4) is 0 Å². The number of carbonyl (C=O) groups excluding carboxylic acids is 1. The second-order valence-corrected chi connectivity index (χ2v) is 7.63. The van der Waals surface area contributed by atoms with Gasteiger partial charge in [-0.2, -0.15) is 0 Å². The quantitative estimate of drug-likeness (QED) is 0.547. The van der Waals surface area contributed by atoms with Crippen LogP contribution in [0.1, 0.15) is 16.2 Å². The molecule has 10 heteroatoms. The Kier molecular flexibility index (Phi) is 4.20. The summed E-state index contributed by atoms with van der Waals surface area (Å²) < 4.78 is 28.8. The lowest BCUT2D eigenvalue weighted by molar-refractivity contribution is -0.385. The van der Waals surface area contributed by atoms with E-state index < -0.39 is 26.4 Å². The normalized spacial score (nSPS) is 11.5. The summed E-state index contributed by atoms with van der Waals surface area (Å²) in [6.07, 6.45) is 0.911. The maximum atomic E-state index is 12.4. The largest absolute Gasteiger partial charge is 0.441 e. The molecule has 0 saturated heterocycles. The number of aromatic nitrogens is 1. The zero-order valence-electron chi connectivity index (χ0n) is 13.7. The van der Waals surface area contributed by atoms with Gasteiger partial charge in [0.2, 0.25) is 0 Å². The highest BCUT2D eigenvalue weighted by Crippen LogP contribution is 2.23. The molecule has 0 radical (unpaired) electrons. The molecule has 0 unspecified atom stereocenters. The van der Waals surface area contributed by atoms with Crippen LogP contribution in [0.2, 0.25) is 0 Å². The predicted octanol–water partition coefficient (Wildman–Crippen LogP) is 2.70. The van der Waals surface area contributed by atoms with E-state index in [4.69, 9.17) is 4.42 Å². The van der Waals surface area contributed by atoms with Crippen LogP contribution < -0.4 is 5.32 Å². The number of nitrogens with one attached hydrogen (secondary N) is 1. The van der Waals surface area contributed by atoms with E-state index in [1.54, 1.807) is 25.1 Å². The first-order valence-electron chi connectivity index (χ1n) is 7.31. The molecule has 9 nitrogen and oxygen atoms in total. The van der Waals surface area contributed by atoms with Crippen molar-refractivity contribution >= 4 is 38.2 Å². The number of sulfone groups is 1. The van der Waals surface area contributed by atoms with Crippen LogP contribution in [0.5, 0.6) is 0 Å². The summed E-state index contributed by atoms with van der Waals surface area (Å²) >= 11 is 0. The molecule has 1 amide bonds. The number of non-ortho nitro benzene ring substituents is 1. The van der Waals surface area contributed by atoms with E-state index in [1.807, 2.05) is 0 Å². The van der Waals surface area contributed by atoms with Gasteiger partial charge in [-0.25, -0.2) is 13.4 Å². The lowest BCUT2D eigenvalue weighted by Crippen LogP contribution is -2.13. The van der Waals surface area contributed by atoms with Gasteiger partial charge in [-0.1, -0.05) is 0 Å². The molecule has 3 rings (SSSR count). The molecular weight excluding hydrogens is 362 g/mol. The highest BCUT2D eigenvalue weighted by molar-refractivity contribution is 7.90. The van der Waals surface area contributed by atoms with E-state index in [0.717, 1.165) is 24.5 Å². The Bertz CT molecular complexity index is 1150. The van der Waals surface area contributed by atoms with E-state index in [0.29, 0.717) is 22.7 Å². The number of hydrogen-bond acceptors (Lipinski definition) is 7. The van der Waals surface area contributed by atoms with Crippen LogP contribution >= 0.6 is 0 Å². The van der Waals surface area contributed by atoms with E-state index >= 15 is 0 Å². The summed E-state index contributed by atoms with van der Waals surface area (Å²) in [7, 11) is -3.72. The van der Waals surface area contributed by atoms with Gasteiger partial charge in [0, 0.05) is 42.6 Å². The molecule has 0 aliphatic heterocycles. The predicted molar refractivity (Wildman–Crippen MR) is 92.9 cm³/mol. The van der Waals surface area contributed by atoms with E-state index in [-0.39, 0.29) is 10.5 Å². The fraction of sp³-hybridized carbons (Fsp3) is 0.125. The Morgan fingerprint density at radius 2 is 1.96 bits per heavy atom. The first kappa shape index (κ1) is 17.5. The first-order valence-corrected chi connectivity index (χ1v) is 9.21. The third-order valence-corrected chi connectivity index (χ3v) is 4.64. The number of nitro groups is 1. The molecule has 1 heterocycles. The summed E-state index contributed by atoms with van der Waals surface area (Å²) in [5.41, 5.74) is 0.838. The smallest absolute Gasteiger partial charge is 0.271 e. The molecule has 0 saturated carbocycles. The van der Waals surface area contributed by atoms with Crippen LogP contribution in [-0.4, -0.2) is 30.5 Å². The van der Waals surface area contributed by atoms with Crippen LogP contribution in [0.15, 0.2) is 45.7 Å². The topological polar surface area (TPSA) is 132 Å². The van der Waals surface area contributed by atoms with E-state index in [9.17, 15) is 23.3 Å². The van der Waals surface area contributed by atoms with Gasteiger partial charge in [0.05, 0.1) is 9.82 Å². The molecule has 0 aliphatic rings. The molecule has 134 valence electrons. The van der Waals surface area contributed by atoms with E-state index in [2.05, 4.69) is 10.3 Å². The number of rotatable bonds is 4. The number of nitro benzene ring substituents is 1. The SMILES string of the molecule is Cc1nc2ccc(NC(=O)c3cc([N+](=O)[O-])cc(S(C)(=O)=O)c3)cc2o1. The second kappa shape index (κ2) is 6.23. The lowest BCUT2D eigenvalue weighted by Gasteiger charge is -2.07. The first-order chi connectivity index (χ1) is 12.1. The molecule has 1 N–H and O–H groups in total. The highest BCUT2D eigenvalue weighted by atomic mass is 32.2. The molecule has 3 aromatic rings. The maximum Gasteiger partial charge on any atom is 0.271 e. The third kappa shape index (κ3) is 3.54. The van der Waals surface area contributed by atoms with Crippen molar-refractivity contribution in [2.45, 2.75) is 11.8 Å². The molecular formula is C16H13N3O6S. The van der Waals surface area contributed by atoms with Crippen molar-refractivity contribution in [2.24, 2.45) is 0 Å². The Labute approximate surface area is 147 Å². The number of oxazole rings is 1. The Hall–Kier alpha value is -3.27. The van der Waals surface area contributed by atoms with Crippen LogP contribution in [0.25, 0.3) is 11.1 Å². The summed E-state index contributed by atoms with van der Waals surface area (Å²) in [5, 5.41) is 13.6. The number of hydrogen-bond donors (Lipinski definition) is 1. The molecule has 0 atom stereocenters. The summed E-state index contributed by atoms with van der Waals surface area (Å²) in [5.74, 6) is -0.214. The summed E-state index contributed by atoms with van der Waals surface area (Å²) in [4.78, 5) is 26.5. The Balaban J connectivity index is 1.97. The van der Waals surface area contributed by atoms with Crippen molar-refractivity contribution in [3.8, 4) is 0 Å². The molecule has 1 aromatic heterocycles. The summed E-state index contributed by atoms with van der Waals surface area (Å²) in [6.45, 7) is 1.69. The number of aryl methyl sites for hydroxylation is 1. The lowest BCUT2D eigenvalue weighted by atomic mass is 10.2. The number of carbonyl (C=O) groups is 1. The third-order valence-electron chi connectivity index (χ3n) is 3.55. The molecule has 0 aliphatic carbocycles. The van der Waals surface area contributed by atoms with Crippen molar-refractivity contribution in [3.05, 3.63) is 58.0 Å². The van der Waals surface area contributed by atoms with Gasteiger partial charge < -0.3 is 9.73 Å². The van der Waals surface area contributed by atoms with Gasteiger partial charge in [0.25, 0.3) is 11.6 Å². The Morgan fingerprint density at radius 3 is 2.62 bits per heavy atom. The molecule has 0 fully saturated rings. The van der Waals surface area contributed by atoms with Crippen molar-refractivity contribution in [1.82, 2.24) is 4.98 Å². The van der Waals surface area contributed by atoms with Crippen molar-refractivity contribution in [3.63, 3.8) is 0 Å². The van der Waals surface area contributed by atoms with E-state index in [1.165, 1.54) is 0 Å². The maximum absolute atomic E-state index is 12.4. The van der Waals surface area contributed by atoms with Gasteiger partial charge in [-0.05, 0) is 18.2 Å². The fourth-order valence-electron chi connectivity index (χ4n) is 2.35. The van der Waals surface area contributed by atoms with Gasteiger partial charge >= 0.3 is 0 Å². The van der Waals surface area contributed by atoms with Crippen LogP contribution in [0.4, 0.5) is 11.4 Å². The molecule has 26 heavy (non-hydrogen) atoms. The molecule has 2 aromatic carbocycles. The van der Waals surface area contributed by atoms with Crippen molar-refractivity contribution in [2.75, 3.05) is 11.6 Å². The highest BCUT2D eigenvalue weighted by Gasteiger charge is 2.19. The average molecular weight is 375 g/mol. The van der Waals surface area contributed by atoms with Crippen LogP contribution in [0, 0.1) is 17.0 Å². The minimum Gasteiger partial charge on any atom is -0.441 e. The fourth-order valence-corrected chi connectivity index (χ4v) is 3.03. The number of amides is 1. The number of benzene rings is 2. The Morgan fingerprint density at radius 1 is 1.23 bits per heavy atom. The van der Waals surface area contributed by atoms with Gasteiger partial charge in [0.1, 0.15) is 5.52 Å². The molecule has 0 bridgehead atoms. The van der Waals surface area contributed by atoms with Gasteiger partial charge in [-0.3, -0.25) is 14.9 Å². The number of fused-ring (bicyclic) bond motifs is 1. The second-order valence-electron chi connectivity index (χ2n) is 5.61. The zero-order chi connectivity index (χ0) is 19.1. The monoisotopic (exact) mass is 375 g/mol. The number of nitrogens with zero attached hydrogens (tertiary/aromatic N) is 2.